The van der Waals surface area contributed by atoms with E-state index in [4.69, 9.17) is 4.42 Å². The molecule has 0 aliphatic heterocycles. The smallest absolute Gasteiger partial charge is 0.185 e. The van der Waals surface area contributed by atoms with Gasteiger partial charge in [-0.25, -0.2) is 0 Å². The monoisotopic (exact) mass is 256 g/mol. The van der Waals surface area contributed by atoms with E-state index in [1.807, 2.05) is 25.5 Å². The van der Waals surface area contributed by atoms with E-state index in [9.17, 15) is 4.79 Å². The van der Waals surface area contributed by atoms with Gasteiger partial charge in [0.2, 0.25) is 0 Å². The summed E-state index contributed by atoms with van der Waals surface area (Å²) in [6, 6.07) is 5.34. The highest BCUT2D eigenvalue weighted by atomic mass is 16.3. The lowest BCUT2D eigenvalue weighted by molar-refractivity contribution is 0.109. The van der Waals surface area contributed by atoms with E-state index in [1.165, 1.54) is 0 Å². The molecule has 3 heterocycles. The molecule has 0 unspecified atom stereocenters. The van der Waals surface area contributed by atoms with E-state index in [2.05, 4.69) is 10.2 Å². The average Bonchev–Trinajstić information content (AvgIpc) is 3.10. The Kier molecular flexibility index (Phi) is 2.75. The number of aryl methyl sites for hydroxylation is 1. The van der Waals surface area contributed by atoms with Crippen LogP contribution < -0.4 is 0 Å². The first-order chi connectivity index (χ1) is 9.24. The summed E-state index contributed by atoms with van der Waals surface area (Å²) in [4.78, 5) is 10.5. The lowest BCUT2D eigenvalue weighted by Gasteiger charge is -1.97. The van der Waals surface area contributed by atoms with Gasteiger partial charge in [0.1, 0.15) is 5.76 Å². The van der Waals surface area contributed by atoms with Crippen molar-refractivity contribution in [1.82, 2.24) is 19.6 Å². The van der Waals surface area contributed by atoms with Gasteiger partial charge < -0.3 is 4.42 Å². The van der Waals surface area contributed by atoms with Crippen LogP contribution >= 0.6 is 0 Å². The van der Waals surface area contributed by atoms with Crippen LogP contribution in [0.4, 0.5) is 0 Å². The minimum Gasteiger partial charge on any atom is -0.456 e. The molecule has 6 nitrogen and oxygen atoms in total. The number of carbonyl (C=O) groups excluding carboxylic acids is 1. The van der Waals surface area contributed by atoms with Crippen molar-refractivity contribution in [3.8, 4) is 11.3 Å². The largest absolute Gasteiger partial charge is 0.456 e. The number of aromatic nitrogens is 4. The first-order valence-electron chi connectivity index (χ1n) is 5.81. The Hall–Kier alpha value is -2.63. The molecule has 0 fully saturated rings. The Morgan fingerprint density at radius 3 is 2.95 bits per heavy atom. The summed E-state index contributed by atoms with van der Waals surface area (Å²) in [5, 5.41) is 8.55. The third-order valence-corrected chi connectivity index (χ3v) is 2.76. The van der Waals surface area contributed by atoms with Gasteiger partial charge in [-0.15, -0.1) is 0 Å². The number of aldehydes is 1. The second-order valence-electron chi connectivity index (χ2n) is 4.22. The molecular weight excluding hydrogens is 244 g/mol. The van der Waals surface area contributed by atoms with Crippen LogP contribution in [-0.4, -0.2) is 25.8 Å². The van der Waals surface area contributed by atoms with Crippen LogP contribution in [0.1, 0.15) is 16.3 Å². The summed E-state index contributed by atoms with van der Waals surface area (Å²) in [7, 11) is 1.87. The van der Waals surface area contributed by atoms with Gasteiger partial charge in [-0.3, -0.25) is 14.2 Å². The lowest BCUT2D eigenvalue weighted by atomic mass is 10.3. The molecule has 0 aliphatic rings. The fraction of sp³-hybridized carbons (Fsp3) is 0.154. The fourth-order valence-corrected chi connectivity index (χ4v) is 1.86. The van der Waals surface area contributed by atoms with E-state index in [-0.39, 0.29) is 0 Å². The maximum Gasteiger partial charge on any atom is 0.185 e. The van der Waals surface area contributed by atoms with Crippen molar-refractivity contribution in [2.75, 3.05) is 0 Å². The molecule has 96 valence electrons. The van der Waals surface area contributed by atoms with Gasteiger partial charge in [0.15, 0.2) is 12.0 Å². The number of furan rings is 1. The van der Waals surface area contributed by atoms with Gasteiger partial charge in [0, 0.05) is 25.0 Å². The van der Waals surface area contributed by atoms with E-state index < -0.39 is 0 Å². The minimum absolute atomic E-state index is 0.328. The van der Waals surface area contributed by atoms with E-state index in [1.54, 1.807) is 27.7 Å². The predicted molar refractivity (Wildman–Crippen MR) is 67.6 cm³/mol. The van der Waals surface area contributed by atoms with E-state index >= 15 is 0 Å². The molecular formula is C13H12N4O2. The summed E-state index contributed by atoms with van der Waals surface area (Å²) in [5.74, 6) is 1.03. The zero-order valence-electron chi connectivity index (χ0n) is 10.4. The second-order valence-corrected chi connectivity index (χ2v) is 4.22. The van der Waals surface area contributed by atoms with Crippen LogP contribution in [0, 0.1) is 0 Å². The number of hydrogen-bond donors (Lipinski definition) is 0. The SMILES string of the molecule is Cn1cc(-c2ccn(Cc3ccc(C=O)o3)n2)cn1. The van der Waals surface area contributed by atoms with Crippen molar-refractivity contribution < 1.29 is 9.21 Å². The molecule has 0 aliphatic carbocycles. The molecule has 3 aromatic heterocycles. The molecule has 0 spiro atoms. The summed E-state index contributed by atoms with van der Waals surface area (Å²) in [6.45, 7) is 0.494. The van der Waals surface area contributed by atoms with Crippen LogP contribution in [0.15, 0.2) is 41.2 Å². The van der Waals surface area contributed by atoms with E-state index in [0.29, 0.717) is 24.4 Å². The first kappa shape index (κ1) is 11.5. The quantitative estimate of drug-likeness (QED) is 0.667. The Bertz CT molecular complexity index is 708. The topological polar surface area (TPSA) is 65.8 Å². The van der Waals surface area contributed by atoms with Gasteiger partial charge in [-0.05, 0) is 18.2 Å². The summed E-state index contributed by atoms with van der Waals surface area (Å²) >= 11 is 0. The summed E-state index contributed by atoms with van der Waals surface area (Å²) in [5.41, 5.74) is 1.82. The molecule has 0 aromatic carbocycles. The molecule has 0 atom stereocenters. The van der Waals surface area contributed by atoms with E-state index in [0.717, 1.165) is 11.3 Å². The lowest BCUT2D eigenvalue weighted by Crippen LogP contribution is -1.99. The second kappa shape index (κ2) is 4.56. The maximum atomic E-state index is 10.5. The molecule has 19 heavy (non-hydrogen) atoms. The molecule has 0 saturated carbocycles. The Morgan fingerprint density at radius 1 is 1.37 bits per heavy atom. The third kappa shape index (κ3) is 2.33. The van der Waals surface area contributed by atoms with Gasteiger partial charge in [0.25, 0.3) is 0 Å². The fourth-order valence-electron chi connectivity index (χ4n) is 1.86. The normalized spacial score (nSPS) is 10.8. The molecule has 0 saturated heterocycles. The Labute approximate surface area is 109 Å². The highest BCUT2D eigenvalue weighted by molar-refractivity contribution is 5.70. The molecule has 0 amide bonds. The maximum absolute atomic E-state index is 10.5. The number of rotatable bonds is 4. The van der Waals surface area contributed by atoms with Gasteiger partial charge in [-0.2, -0.15) is 10.2 Å². The highest BCUT2D eigenvalue weighted by Gasteiger charge is 2.06. The summed E-state index contributed by atoms with van der Waals surface area (Å²) < 4.78 is 8.80. The van der Waals surface area contributed by atoms with Gasteiger partial charge in [-0.1, -0.05) is 0 Å². The molecule has 0 bridgehead atoms. The van der Waals surface area contributed by atoms with Crippen molar-refractivity contribution in [3.05, 3.63) is 48.3 Å². The zero-order valence-corrected chi connectivity index (χ0v) is 10.4. The van der Waals surface area contributed by atoms with Crippen molar-refractivity contribution in [2.24, 2.45) is 7.05 Å². The first-order valence-corrected chi connectivity index (χ1v) is 5.81. The van der Waals surface area contributed by atoms with Crippen molar-refractivity contribution in [1.29, 1.82) is 0 Å². The minimum atomic E-state index is 0.328. The van der Waals surface area contributed by atoms with Crippen molar-refractivity contribution in [2.45, 2.75) is 6.54 Å². The number of carbonyl (C=O) groups is 1. The molecule has 6 heteroatoms. The zero-order chi connectivity index (χ0) is 13.2. The van der Waals surface area contributed by atoms with Crippen LogP contribution in [-0.2, 0) is 13.6 Å². The number of hydrogen-bond acceptors (Lipinski definition) is 4. The van der Waals surface area contributed by atoms with Crippen LogP contribution in [0.5, 0.6) is 0 Å². The average molecular weight is 256 g/mol. The van der Waals surface area contributed by atoms with Gasteiger partial charge in [0.05, 0.1) is 18.4 Å². The number of nitrogens with zero attached hydrogens (tertiary/aromatic N) is 4. The molecule has 0 radical (unpaired) electrons. The van der Waals surface area contributed by atoms with Crippen molar-refractivity contribution in [3.63, 3.8) is 0 Å². The highest BCUT2D eigenvalue weighted by Crippen LogP contribution is 2.16. The van der Waals surface area contributed by atoms with Crippen LogP contribution in [0.2, 0.25) is 0 Å². The van der Waals surface area contributed by atoms with Gasteiger partial charge >= 0.3 is 0 Å². The standard InChI is InChI=1S/C13H12N4O2/c1-16-7-10(6-14-16)13-4-5-17(15-13)8-11-2-3-12(9-18)19-11/h2-7,9H,8H2,1H3. The van der Waals surface area contributed by atoms with Crippen LogP contribution in [0.25, 0.3) is 11.3 Å². The Balaban J connectivity index is 1.79. The predicted octanol–water partition coefficient (Wildman–Crippen LogP) is 1.74. The summed E-state index contributed by atoms with van der Waals surface area (Å²) in [6.07, 6.45) is 6.23. The molecule has 0 N–H and O–H groups in total. The Morgan fingerprint density at radius 2 is 2.26 bits per heavy atom. The third-order valence-electron chi connectivity index (χ3n) is 2.76. The van der Waals surface area contributed by atoms with Crippen LogP contribution in [0.3, 0.4) is 0 Å². The van der Waals surface area contributed by atoms with Crippen molar-refractivity contribution >= 4 is 6.29 Å². The molecule has 3 rings (SSSR count). The molecule has 3 aromatic rings.